The summed E-state index contributed by atoms with van der Waals surface area (Å²) in [7, 11) is 0. The zero-order valence-corrected chi connectivity index (χ0v) is 9.49. The SMILES string of the molecule is CC#CCCC(O)c1ccc(OC(F)F)cc1. The molecule has 1 atom stereocenters. The van der Waals surface area contributed by atoms with Gasteiger partial charge in [-0.1, -0.05) is 12.1 Å². The van der Waals surface area contributed by atoms with Crippen molar-refractivity contribution in [3.8, 4) is 17.6 Å². The van der Waals surface area contributed by atoms with Crippen LogP contribution in [0.4, 0.5) is 8.78 Å². The number of hydrogen-bond donors (Lipinski definition) is 1. The maximum Gasteiger partial charge on any atom is 0.387 e. The summed E-state index contributed by atoms with van der Waals surface area (Å²) in [6, 6.07) is 5.97. The smallest absolute Gasteiger partial charge is 0.387 e. The minimum absolute atomic E-state index is 0.0873. The van der Waals surface area contributed by atoms with Crippen LogP contribution in [0.15, 0.2) is 24.3 Å². The highest BCUT2D eigenvalue weighted by Crippen LogP contribution is 2.21. The zero-order chi connectivity index (χ0) is 12.7. The van der Waals surface area contributed by atoms with E-state index in [1.807, 2.05) is 0 Å². The highest BCUT2D eigenvalue weighted by Gasteiger charge is 2.08. The van der Waals surface area contributed by atoms with Gasteiger partial charge in [-0.05, 0) is 31.0 Å². The van der Waals surface area contributed by atoms with Gasteiger partial charge in [-0.25, -0.2) is 0 Å². The van der Waals surface area contributed by atoms with E-state index in [1.54, 1.807) is 19.1 Å². The average molecular weight is 240 g/mol. The van der Waals surface area contributed by atoms with Crippen LogP contribution in [0.25, 0.3) is 0 Å². The van der Waals surface area contributed by atoms with Crippen LogP contribution in [0.5, 0.6) is 5.75 Å². The lowest BCUT2D eigenvalue weighted by Gasteiger charge is -2.10. The van der Waals surface area contributed by atoms with Crippen molar-refractivity contribution < 1.29 is 18.6 Å². The van der Waals surface area contributed by atoms with Crippen molar-refractivity contribution in [2.75, 3.05) is 0 Å². The summed E-state index contributed by atoms with van der Waals surface area (Å²) in [6.07, 6.45) is 0.500. The molecule has 0 bridgehead atoms. The van der Waals surface area contributed by atoms with E-state index in [0.717, 1.165) is 0 Å². The fourth-order valence-electron chi connectivity index (χ4n) is 1.37. The van der Waals surface area contributed by atoms with E-state index in [9.17, 15) is 13.9 Å². The van der Waals surface area contributed by atoms with Gasteiger partial charge in [0.25, 0.3) is 0 Å². The summed E-state index contributed by atoms with van der Waals surface area (Å²) in [6.45, 7) is -1.09. The van der Waals surface area contributed by atoms with Crippen LogP contribution in [0, 0.1) is 11.8 Å². The van der Waals surface area contributed by atoms with Crippen LogP contribution < -0.4 is 4.74 Å². The Morgan fingerprint density at radius 3 is 2.47 bits per heavy atom. The molecule has 0 amide bonds. The molecule has 0 saturated carbocycles. The number of halogens is 2. The van der Waals surface area contributed by atoms with Crippen LogP contribution in [0.2, 0.25) is 0 Å². The topological polar surface area (TPSA) is 29.5 Å². The van der Waals surface area contributed by atoms with Crippen LogP contribution in [-0.4, -0.2) is 11.7 Å². The Bertz CT molecular complexity index is 390. The maximum absolute atomic E-state index is 11.9. The molecular formula is C13H14F2O2. The van der Waals surface area contributed by atoms with E-state index in [0.29, 0.717) is 18.4 Å². The van der Waals surface area contributed by atoms with Crippen molar-refractivity contribution in [1.82, 2.24) is 0 Å². The van der Waals surface area contributed by atoms with Crippen molar-refractivity contribution in [2.24, 2.45) is 0 Å². The van der Waals surface area contributed by atoms with Crippen LogP contribution in [0.3, 0.4) is 0 Å². The second-order valence-electron chi connectivity index (χ2n) is 3.43. The molecule has 1 aromatic rings. The normalized spacial score (nSPS) is 11.8. The molecular weight excluding hydrogens is 226 g/mol. The summed E-state index contributed by atoms with van der Waals surface area (Å²) in [5.74, 6) is 5.68. The molecule has 92 valence electrons. The Hall–Kier alpha value is -1.60. The van der Waals surface area contributed by atoms with Gasteiger partial charge in [-0.3, -0.25) is 0 Å². The van der Waals surface area contributed by atoms with Gasteiger partial charge in [0.05, 0.1) is 6.10 Å². The fraction of sp³-hybridized carbons (Fsp3) is 0.385. The summed E-state index contributed by atoms with van der Waals surface area (Å²) in [5.41, 5.74) is 0.671. The quantitative estimate of drug-likeness (QED) is 0.801. The molecule has 0 aromatic heterocycles. The molecule has 0 heterocycles. The standard InChI is InChI=1S/C13H14F2O2/c1-2-3-4-5-12(16)10-6-8-11(9-7-10)17-13(14)15/h6-9,12-13,16H,4-5H2,1H3. The lowest BCUT2D eigenvalue weighted by Crippen LogP contribution is -2.02. The van der Waals surface area contributed by atoms with Crippen molar-refractivity contribution >= 4 is 0 Å². The lowest BCUT2D eigenvalue weighted by molar-refractivity contribution is -0.0498. The van der Waals surface area contributed by atoms with Crippen molar-refractivity contribution in [1.29, 1.82) is 0 Å². The molecule has 0 fully saturated rings. The van der Waals surface area contributed by atoms with Crippen LogP contribution in [-0.2, 0) is 0 Å². The fourth-order valence-corrected chi connectivity index (χ4v) is 1.37. The number of ether oxygens (including phenoxy) is 1. The Kier molecular flexibility index (Phi) is 5.44. The Balaban J connectivity index is 2.56. The highest BCUT2D eigenvalue weighted by atomic mass is 19.3. The van der Waals surface area contributed by atoms with E-state index in [2.05, 4.69) is 16.6 Å². The first-order valence-electron chi connectivity index (χ1n) is 5.26. The van der Waals surface area contributed by atoms with E-state index in [1.165, 1.54) is 12.1 Å². The predicted molar refractivity (Wildman–Crippen MR) is 60.7 cm³/mol. The molecule has 1 rings (SSSR count). The third kappa shape index (κ3) is 4.83. The molecule has 0 aliphatic carbocycles. The molecule has 0 aliphatic rings. The van der Waals surface area contributed by atoms with E-state index >= 15 is 0 Å². The first-order chi connectivity index (χ1) is 8.13. The summed E-state index contributed by atoms with van der Waals surface area (Å²) in [4.78, 5) is 0. The number of alkyl halides is 2. The van der Waals surface area contributed by atoms with Crippen molar-refractivity contribution in [3.05, 3.63) is 29.8 Å². The Morgan fingerprint density at radius 1 is 1.29 bits per heavy atom. The first-order valence-corrected chi connectivity index (χ1v) is 5.26. The van der Waals surface area contributed by atoms with E-state index in [4.69, 9.17) is 0 Å². The minimum atomic E-state index is -2.83. The third-order valence-corrected chi connectivity index (χ3v) is 2.21. The van der Waals surface area contributed by atoms with Crippen molar-refractivity contribution in [3.63, 3.8) is 0 Å². The predicted octanol–water partition coefficient (Wildman–Crippen LogP) is 3.12. The molecule has 1 unspecified atom stereocenters. The average Bonchev–Trinajstić information content (AvgIpc) is 2.29. The first kappa shape index (κ1) is 13.5. The maximum atomic E-state index is 11.9. The molecule has 1 aromatic carbocycles. The highest BCUT2D eigenvalue weighted by molar-refractivity contribution is 5.28. The minimum Gasteiger partial charge on any atom is -0.435 e. The van der Waals surface area contributed by atoms with Crippen molar-refractivity contribution in [2.45, 2.75) is 32.5 Å². The molecule has 0 spiro atoms. The molecule has 17 heavy (non-hydrogen) atoms. The van der Waals surface area contributed by atoms with Gasteiger partial charge in [0.1, 0.15) is 5.75 Å². The number of rotatable bonds is 5. The van der Waals surface area contributed by atoms with Gasteiger partial charge in [0.2, 0.25) is 0 Å². The molecule has 2 nitrogen and oxygen atoms in total. The zero-order valence-electron chi connectivity index (χ0n) is 9.49. The summed E-state index contributed by atoms with van der Waals surface area (Å²) < 4.78 is 28.0. The number of aliphatic hydroxyl groups is 1. The molecule has 4 heteroatoms. The molecule has 0 aliphatic heterocycles. The number of aliphatic hydroxyl groups excluding tert-OH is 1. The van der Waals surface area contributed by atoms with Gasteiger partial charge >= 0.3 is 6.61 Å². The summed E-state index contributed by atoms with van der Waals surface area (Å²) in [5, 5.41) is 9.76. The summed E-state index contributed by atoms with van der Waals surface area (Å²) >= 11 is 0. The van der Waals surface area contributed by atoms with Gasteiger partial charge in [-0.15, -0.1) is 11.8 Å². The molecule has 0 radical (unpaired) electrons. The third-order valence-electron chi connectivity index (χ3n) is 2.21. The second kappa shape index (κ2) is 6.87. The Morgan fingerprint density at radius 2 is 1.94 bits per heavy atom. The van der Waals surface area contributed by atoms with E-state index in [-0.39, 0.29) is 5.75 Å². The lowest BCUT2D eigenvalue weighted by atomic mass is 10.1. The second-order valence-corrected chi connectivity index (χ2v) is 3.43. The molecule has 0 saturated heterocycles. The monoisotopic (exact) mass is 240 g/mol. The largest absolute Gasteiger partial charge is 0.435 e. The van der Waals surface area contributed by atoms with Crippen LogP contribution >= 0.6 is 0 Å². The van der Waals surface area contributed by atoms with E-state index < -0.39 is 12.7 Å². The van der Waals surface area contributed by atoms with Gasteiger partial charge in [0, 0.05) is 6.42 Å². The van der Waals surface area contributed by atoms with Gasteiger partial charge < -0.3 is 9.84 Å². The Labute approximate surface area is 99.2 Å². The van der Waals surface area contributed by atoms with Gasteiger partial charge in [-0.2, -0.15) is 8.78 Å². The molecule has 1 N–H and O–H groups in total. The van der Waals surface area contributed by atoms with Crippen LogP contribution in [0.1, 0.15) is 31.4 Å². The number of benzene rings is 1. The number of hydrogen-bond acceptors (Lipinski definition) is 2. The van der Waals surface area contributed by atoms with Gasteiger partial charge in [0.15, 0.2) is 0 Å².